The summed E-state index contributed by atoms with van der Waals surface area (Å²) in [7, 11) is -0.917. The Bertz CT molecular complexity index is 1380. The van der Waals surface area contributed by atoms with Crippen LogP contribution in [0, 0.1) is 5.92 Å². The summed E-state index contributed by atoms with van der Waals surface area (Å²) >= 11 is 0. The monoisotopic (exact) mass is 508 g/mol. The number of esters is 1. The van der Waals surface area contributed by atoms with Gasteiger partial charge in [0, 0.05) is 17.8 Å². The first-order valence-corrected chi connectivity index (χ1v) is 12.9. The summed E-state index contributed by atoms with van der Waals surface area (Å²) < 4.78 is 38.0. The van der Waals surface area contributed by atoms with Gasteiger partial charge >= 0.3 is 5.97 Å². The maximum absolute atomic E-state index is 13.2. The number of ether oxygens (including phenoxy) is 2. The lowest BCUT2D eigenvalue weighted by atomic mass is 10.0. The van der Waals surface area contributed by atoms with Crippen LogP contribution in [-0.4, -0.2) is 45.5 Å². The van der Waals surface area contributed by atoms with Gasteiger partial charge in [0.2, 0.25) is 0 Å². The molecule has 188 valence electrons. The molecule has 0 saturated heterocycles. The number of methoxy groups -OCH3 is 2. The molecule has 1 amide bonds. The maximum Gasteiger partial charge on any atom is 0.328 e. The number of fused-ring (bicyclic) bond motifs is 1. The quantitative estimate of drug-likeness (QED) is 0.455. The van der Waals surface area contributed by atoms with E-state index >= 15 is 0 Å². The zero-order chi connectivity index (χ0) is 26.0. The molecule has 0 radical (unpaired) electrons. The van der Waals surface area contributed by atoms with Gasteiger partial charge in [-0.15, -0.1) is 0 Å². The van der Waals surface area contributed by atoms with Gasteiger partial charge in [-0.05, 0) is 65.1 Å². The summed E-state index contributed by atoms with van der Waals surface area (Å²) in [5.41, 5.74) is 3.45. The summed E-state index contributed by atoms with van der Waals surface area (Å²) in [4.78, 5) is 27.2. The molecule has 1 heterocycles. The Morgan fingerprint density at radius 1 is 0.944 bits per heavy atom. The standard InChI is InChI=1S/C27H28N2O6S/c1-17(2)25(27(31)35-4)29-16-20-6-5-19(15-24(20)26(29)30)18-7-9-21(10-8-18)28-36(32,33)23-13-11-22(34-3)12-14-23/h5-15,17,25,28H,16H2,1-4H3/t25-/m0/s1. The number of anilines is 1. The molecule has 1 aliphatic heterocycles. The molecule has 1 N–H and O–H groups in total. The fourth-order valence-electron chi connectivity index (χ4n) is 4.31. The molecule has 0 aromatic heterocycles. The zero-order valence-corrected chi connectivity index (χ0v) is 21.3. The van der Waals surface area contributed by atoms with Gasteiger partial charge in [-0.3, -0.25) is 9.52 Å². The average Bonchev–Trinajstić information content (AvgIpc) is 3.19. The summed E-state index contributed by atoms with van der Waals surface area (Å²) in [5, 5.41) is 0. The SMILES string of the molecule is COC(=O)[C@H](C(C)C)N1Cc2ccc(-c3ccc(NS(=O)(=O)c4ccc(OC)cc4)cc3)cc2C1=O. The van der Waals surface area contributed by atoms with Crippen molar-refractivity contribution in [3.63, 3.8) is 0 Å². The second kappa shape index (κ2) is 10.0. The van der Waals surface area contributed by atoms with Gasteiger partial charge in [-0.2, -0.15) is 0 Å². The van der Waals surface area contributed by atoms with Crippen LogP contribution in [0.1, 0.15) is 29.8 Å². The van der Waals surface area contributed by atoms with Crippen molar-refractivity contribution in [1.29, 1.82) is 0 Å². The minimum atomic E-state index is -3.76. The van der Waals surface area contributed by atoms with Gasteiger partial charge in [-0.1, -0.05) is 38.1 Å². The van der Waals surface area contributed by atoms with Crippen LogP contribution in [0.15, 0.2) is 71.6 Å². The summed E-state index contributed by atoms with van der Waals surface area (Å²) in [6.45, 7) is 4.11. The molecule has 3 aromatic carbocycles. The zero-order valence-electron chi connectivity index (χ0n) is 20.5. The number of rotatable bonds is 8. The van der Waals surface area contributed by atoms with Crippen molar-refractivity contribution in [3.8, 4) is 16.9 Å². The number of carbonyl (C=O) groups is 2. The minimum absolute atomic E-state index is 0.0931. The lowest BCUT2D eigenvalue weighted by molar-refractivity contribution is -0.147. The highest BCUT2D eigenvalue weighted by Crippen LogP contribution is 2.32. The van der Waals surface area contributed by atoms with E-state index in [1.54, 1.807) is 41.3 Å². The lowest BCUT2D eigenvalue weighted by Crippen LogP contribution is -2.45. The molecular weight excluding hydrogens is 480 g/mol. The molecular formula is C27H28N2O6S. The van der Waals surface area contributed by atoms with E-state index in [0.29, 0.717) is 23.5 Å². The highest BCUT2D eigenvalue weighted by Gasteiger charge is 2.38. The average molecular weight is 509 g/mol. The Hall–Kier alpha value is -3.85. The molecule has 0 bridgehead atoms. The smallest absolute Gasteiger partial charge is 0.328 e. The summed E-state index contributed by atoms with van der Waals surface area (Å²) in [6.07, 6.45) is 0. The maximum atomic E-state index is 13.2. The largest absolute Gasteiger partial charge is 0.497 e. The van der Waals surface area contributed by atoms with E-state index in [1.165, 1.54) is 26.4 Å². The van der Waals surface area contributed by atoms with Crippen LogP contribution < -0.4 is 9.46 Å². The van der Waals surface area contributed by atoms with Gasteiger partial charge < -0.3 is 14.4 Å². The van der Waals surface area contributed by atoms with Gasteiger partial charge in [0.25, 0.3) is 15.9 Å². The molecule has 0 fully saturated rings. The highest BCUT2D eigenvalue weighted by molar-refractivity contribution is 7.92. The van der Waals surface area contributed by atoms with Crippen molar-refractivity contribution in [2.75, 3.05) is 18.9 Å². The van der Waals surface area contributed by atoms with Crippen molar-refractivity contribution < 1.29 is 27.5 Å². The Balaban J connectivity index is 1.53. The predicted molar refractivity (Wildman–Crippen MR) is 136 cm³/mol. The number of nitrogens with one attached hydrogen (secondary N) is 1. The number of sulfonamides is 1. The van der Waals surface area contributed by atoms with Crippen LogP contribution in [0.4, 0.5) is 5.69 Å². The molecule has 0 aliphatic carbocycles. The first-order valence-electron chi connectivity index (χ1n) is 11.4. The van der Waals surface area contributed by atoms with Gasteiger partial charge in [0.15, 0.2) is 0 Å². The van der Waals surface area contributed by atoms with E-state index in [0.717, 1.165) is 16.7 Å². The highest BCUT2D eigenvalue weighted by atomic mass is 32.2. The van der Waals surface area contributed by atoms with Gasteiger partial charge in [-0.25, -0.2) is 13.2 Å². The first kappa shape index (κ1) is 25.2. The van der Waals surface area contributed by atoms with Crippen molar-refractivity contribution in [1.82, 2.24) is 4.90 Å². The molecule has 8 nitrogen and oxygen atoms in total. The molecule has 1 atom stereocenters. The number of benzene rings is 3. The minimum Gasteiger partial charge on any atom is -0.497 e. The van der Waals surface area contributed by atoms with Crippen molar-refractivity contribution in [2.24, 2.45) is 5.92 Å². The molecule has 0 saturated carbocycles. The van der Waals surface area contributed by atoms with Gasteiger partial charge in [0.1, 0.15) is 11.8 Å². The predicted octanol–water partition coefficient (Wildman–Crippen LogP) is 4.32. The molecule has 9 heteroatoms. The van der Waals surface area contributed by atoms with E-state index in [1.807, 2.05) is 32.0 Å². The van der Waals surface area contributed by atoms with Crippen LogP contribution in [0.25, 0.3) is 11.1 Å². The molecule has 36 heavy (non-hydrogen) atoms. The van der Waals surface area contributed by atoms with Crippen LogP contribution in [0.2, 0.25) is 0 Å². The van der Waals surface area contributed by atoms with Gasteiger partial charge in [0.05, 0.1) is 19.1 Å². The third kappa shape index (κ3) is 4.92. The fourth-order valence-corrected chi connectivity index (χ4v) is 5.37. The number of hydrogen-bond acceptors (Lipinski definition) is 6. The van der Waals surface area contributed by atoms with Crippen LogP contribution in [0.5, 0.6) is 5.75 Å². The van der Waals surface area contributed by atoms with Crippen LogP contribution in [-0.2, 0) is 26.1 Å². The molecule has 3 aromatic rings. The Morgan fingerprint density at radius 2 is 1.58 bits per heavy atom. The topological polar surface area (TPSA) is 102 Å². The molecule has 4 rings (SSSR count). The Morgan fingerprint density at radius 3 is 2.17 bits per heavy atom. The van der Waals surface area contributed by atoms with E-state index < -0.39 is 22.0 Å². The first-order chi connectivity index (χ1) is 17.1. The number of hydrogen-bond donors (Lipinski definition) is 1. The van der Waals surface area contributed by atoms with Crippen LogP contribution >= 0.6 is 0 Å². The molecule has 0 unspecified atom stereocenters. The number of amides is 1. The Labute approximate surface area is 210 Å². The Kier molecular flexibility index (Phi) is 7.03. The molecule has 0 spiro atoms. The van der Waals surface area contributed by atoms with E-state index in [4.69, 9.17) is 9.47 Å². The van der Waals surface area contributed by atoms with E-state index in [2.05, 4.69) is 4.72 Å². The summed E-state index contributed by atoms with van der Waals surface area (Å²) in [6, 6.07) is 18.0. The third-order valence-electron chi connectivity index (χ3n) is 6.19. The summed E-state index contributed by atoms with van der Waals surface area (Å²) in [5.74, 6) is -0.164. The number of carbonyl (C=O) groups excluding carboxylic acids is 2. The van der Waals surface area contributed by atoms with Crippen LogP contribution in [0.3, 0.4) is 0 Å². The molecule has 1 aliphatic rings. The van der Waals surface area contributed by atoms with Crippen molar-refractivity contribution in [3.05, 3.63) is 77.9 Å². The second-order valence-corrected chi connectivity index (χ2v) is 10.6. The third-order valence-corrected chi connectivity index (χ3v) is 7.59. The fraction of sp³-hybridized carbons (Fsp3) is 0.259. The van der Waals surface area contributed by atoms with E-state index in [-0.39, 0.29) is 16.7 Å². The number of nitrogens with zero attached hydrogens (tertiary/aromatic N) is 1. The van der Waals surface area contributed by atoms with Crippen molar-refractivity contribution in [2.45, 2.75) is 31.3 Å². The second-order valence-electron chi connectivity index (χ2n) is 8.88. The van der Waals surface area contributed by atoms with E-state index in [9.17, 15) is 18.0 Å². The normalized spacial score (nSPS) is 13.9. The lowest BCUT2D eigenvalue weighted by Gasteiger charge is -2.28. The van der Waals surface area contributed by atoms with Crippen molar-refractivity contribution >= 4 is 27.6 Å².